The van der Waals surface area contributed by atoms with Crippen LogP contribution in [0.3, 0.4) is 0 Å². The van der Waals surface area contributed by atoms with Gasteiger partial charge >= 0.3 is 0 Å². The Balaban J connectivity index is 1.26. The smallest absolute Gasteiger partial charge is 0.253 e. The van der Waals surface area contributed by atoms with Crippen LogP contribution in [-0.2, 0) is 0 Å². The first-order valence-electron chi connectivity index (χ1n) is 10.9. The third kappa shape index (κ3) is 3.75. The molecular weight excluding hydrogens is 402 g/mol. The fraction of sp³-hybridized carbons (Fsp3) is 0.259. The van der Waals surface area contributed by atoms with E-state index in [0.717, 1.165) is 11.1 Å². The third-order valence-corrected chi connectivity index (χ3v) is 6.50. The molecule has 0 N–H and O–H groups in total. The molecule has 5 nitrogen and oxygen atoms in total. The van der Waals surface area contributed by atoms with E-state index < -0.39 is 5.60 Å². The van der Waals surface area contributed by atoms with Crippen LogP contribution in [0.1, 0.15) is 40.0 Å². The van der Waals surface area contributed by atoms with Crippen LogP contribution in [0.2, 0.25) is 0 Å². The van der Waals surface area contributed by atoms with Gasteiger partial charge in [-0.3, -0.25) is 9.59 Å². The predicted molar refractivity (Wildman–Crippen MR) is 122 cm³/mol. The van der Waals surface area contributed by atoms with Crippen molar-refractivity contribution in [1.29, 1.82) is 0 Å². The lowest BCUT2D eigenvalue weighted by atomic mass is 9.82. The van der Waals surface area contributed by atoms with Crippen molar-refractivity contribution in [2.24, 2.45) is 0 Å². The Labute approximate surface area is 187 Å². The van der Waals surface area contributed by atoms with Crippen molar-refractivity contribution < 1.29 is 19.1 Å². The maximum absolute atomic E-state index is 13.1. The standard InChI is InChI=1S/C27H25NO4/c1-31-22-11-12-25-23(17-22)24(29)18-27(32-25)13-15-28(16-14-27)26(30)21-9-7-20(8-10-21)19-5-3-2-4-6-19/h2-12,17H,13-16,18H2,1H3. The van der Waals surface area contributed by atoms with Gasteiger partial charge in [-0.25, -0.2) is 0 Å². The van der Waals surface area contributed by atoms with E-state index in [9.17, 15) is 9.59 Å². The fourth-order valence-electron chi connectivity index (χ4n) is 4.61. The minimum atomic E-state index is -0.535. The monoisotopic (exact) mass is 427 g/mol. The molecule has 5 rings (SSSR count). The lowest BCUT2D eigenvalue weighted by Gasteiger charge is -2.44. The number of ketones is 1. The van der Waals surface area contributed by atoms with E-state index in [1.165, 1.54) is 0 Å². The quantitative estimate of drug-likeness (QED) is 0.590. The van der Waals surface area contributed by atoms with Gasteiger partial charge in [0.1, 0.15) is 17.1 Å². The SMILES string of the molecule is COc1ccc2c(c1)C(=O)CC1(CCN(C(=O)c3ccc(-c4ccccc4)cc3)CC1)O2. The van der Waals surface area contributed by atoms with E-state index in [-0.39, 0.29) is 11.7 Å². The predicted octanol–water partition coefficient (Wildman–Crippen LogP) is 5.00. The number of rotatable bonds is 3. The number of Topliss-reactive ketones (excluding diaryl/α,β-unsaturated/α-hetero) is 1. The van der Waals surface area contributed by atoms with E-state index in [2.05, 4.69) is 12.1 Å². The topological polar surface area (TPSA) is 55.8 Å². The highest BCUT2D eigenvalue weighted by Gasteiger charge is 2.43. The van der Waals surface area contributed by atoms with Gasteiger partial charge in [-0.2, -0.15) is 0 Å². The second-order valence-corrected chi connectivity index (χ2v) is 8.48. The van der Waals surface area contributed by atoms with Crippen LogP contribution < -0.4 is 9.47 Å². The summed E-state index contributed by atoms with van der Waals surface area (Å²) in [7, 11) is 1.58. The number of nitrogens with zero attached hydrogens (tertiary/aromatic N) is 1. The average molecular weight is 428 g/mol. The van der Waals surface area contributed by atoms with Crippen molar-refractivity contribution in [1.82, 2.24) is 4.90 Å². The molecule has 0 aliphatic carbocycles. The normalized spacial score (nSPS) is 16.9. The van der Waals surface area contributed by atoms with Gasteiger partial charge in [-0.1, -0.05) is 42.5 Å². The molecule has 0 saturated carbocycles. The summed E-state index contributed by atoms with van der Waals surface area (Å²) < 4.78 is 11.5. The number of hydrogen-bond donors (Lipinski definition) is 0. The van der Waals surface area contributed by atoms with Crippen LogP contribution in [0.15, 0.2) is 72.8 Å². The molecule has 0 bridgehead atoms. The molecule has 3 aromatic rings. The number of piperidine rings is 1. The molecule has 2 aliphatic heterocycles. The second kappa shape index (κ2) is 8.15. The lowest BCUT2D eigenvalue weighted by Crippen LogP contribution is -2.52. The van der Waals surface area contributed by atoms with E-state index >= 15 is 0 Å². The maximum Gasteiger partial charge on any atom is 0.253 e. The van der Waals surface area contributed by atoms with Gasteiger partial charge < -0.3 is 14.4 Å². The molecule has 2 heterocycles. The van der Waals surface area contributed by atoms with Gasteiger partial charge in [0, 0.05) is 31.5 Å². The fourth-order valence-corrected chi connectivity index (χ4v) is 4.61. The second-order valence-electron chi connectivity index (χ2n) is 8.48. The number of ether oxygens (including phenoxy) is 2. The van der Waals surface area contributed by atoms with Crippen molar-refractivity contribution in [2.45, 2.75) is 24.9 Å². The van der Waals surface area contributed by atoms with Crippen LogP contribution in [0.5, 0.6) is 11.5 Å². The molecule has 3 aromatic carbocycles. The molecule has 0 radical (unpaired) electrons. The molecule has 2 aliphatic rings. The molecule has 0 aromatic heterocycles. The number of fused-ring (bicyclic) bond motifs is 1. The molecule has 0 atom stereocenters. The number of benzene rings is 3. The van der Waals surface area contributed by atoms with Gasteiger partial charge in [-0.05, 0) is 41.5 Å². The molecule has 1 saturated heterocycles. The van der Waals surface area contributed by atoms with Crippen LogP contribution in [0, 0.1) is 0 Å². The summed E-state index contributed by atoms with van der Waals surface area (Å²) in [4.78, 5) is 27.7. The van der Waals surface area contributed by atoms with Gasteiger partial charge in [0.05, 0.1) is 19.1 Å². The Morgan fingerprint density at radius 1 is 0.938 bits per heavy atom. The largest absolute Gasteiger partial charge is 0.497 e. The van der Waals surface area contributed by atoms with Gasteiger partial charge in [0.25, 0.3) is 5.91 Å². The van der Waals surface area contributed by atoms with Crippen LogP contribution in [0.25, 0.3) is 11.1 Å². The van der Waals surface area contributed by atoms with E-state index in [1.54, 1.807) is 19.2 Å². The first kappa shape index (κ1) is 20.3. The molecule has 5 heteroatoms. The first-order valence-corrected chi connectivity index (χ1v) is 10.9. The number of methoxy groups -OCH3 is 1. The summed E-state index contributed by atoms with van der Waals surface area (Å²) in [5.41, 5.74) is 2.94. The Hall–Kier alpha value is -3.60. The summed E-state index contributed by atoms with van der Waals surface area (Å²) >= 11 is 0. The highest BCUT2D eigenvalue weighted by Crippen LogP contribution is 2.40. The van der Waals surface area contributed by atoms with Crippen LogP contribution >= 0.6 is 0 Å². The number of amides is 1. The van der Waals surface area contributed by atoms with Crippen LogP contribution in [-0.4, -0.2) is 42.4 Å². The zero-order chi connectivity index (χ0) is 22.1. The molecular formula is C27H25NO4. The highest BCUT2D eigenvalue weighted by atomic mass is 16.5. The number of carbonyl (C=O) groups is 2. The summed E-state index contributed by atoms with van der Waals surface area (Å²) in [6.45, 7) is 1.13. The summed E-state index contributed by atoms with van der Waals surface area (Å²) in [6, 6.07) is 23.2. The Morgan fingerprint density at radius 3 is 2.31 bits per heavy atom. The van der Waals surface area contributed by atoms with E-state index in [1.807, 2.05) is 53.4 Å². The van der Waals surface area contributed by atoms with Crippen molar-refractivity contribution >= 4 is 11.7 Å². The van der Waals surface area contributed by atoms with E-state index in [4.69, 9.17) is 9.47 Å². The minimum absolute atomic E-state index is 0.0201. The molecule has 32 heavy (non-hydrogen) atoms. The van der Waals surface area contributed by atoms with Crippen molar-refractivity contribution in [3.8, 4) is 22.6 Å². The Kier molecular flexibility index (Phi) is 5.17. The lowest BCUT2D eigenvalue weighted by molar-refractivity contribution is -0.00576. The summed E-state index contributed by atoms with van der Waals surface area (Å²) in [5, 5.41) is 0. The minimum Gasteiger partial charge on any atom is -0.497 e. The van der Waals surface area contributed by atoms with Crippen LogP contribution in [0.4, 0.5) is 0 Å². The molecule has 1 amide bonds. The highest BCUT2D eigenvalue weighted by molar-refractivity contribution is 6.01. The Bertz CT molecular complexity index is 1150. The maximum atomic E-state index is 13.1. The first-order chi connectivity index (χ1) is 15.6. The number of carbonyl (C=O) groups excluding carboxylic acids is 2. The molecule has 0 unspecified atom stereocenters. The van der Waals surface area contributed by atoms with Gasteiger partial charge in [0.2, 0.25) is 0 Å². The zero-order valence-corrected chi connectivity index (χ0v) is 18.0. The van der Waals surface area contributed by atoms with E-state index in [0.29, 0.717) is 55.0 Å². The summed E-state index contributed by atoms with van der Waals surface area (Å²) in [5.74, 6) is 1.35. The number of hydrogen-bond acceptors (Lipinski definition) is 4. The zero-order valence-electron chi connectivity index (χ0n) is 18.0. The average Bonchev–Trinajstić information content (AvgIpc) is 2.84. The van der Waals surface area contributed by atoms with Gasteiger partial charge in [-0.15, -0.1) is 0 Å². The van der Waals surface area contributed by atoms with Crippen molar-refractivity contribution in [3.05, 3.63) is 83.9 Å². The third-order valence-electron chi connectivity index (χ3n) is 6.50. The number of likely N-dealkylation sites (tertiary alicyclic amines) is 1. The summed E-state index contributed by atoms with van der Waals surface area (Å²) in [6.07, 6.45) is 1.61. The Morgan fingerprint density at radius 2 is 1.62 bits per heavy atom. The molecule has 1 spiro atoms. The molecule has 1 fully saturated rings. The van der Waals surface area contributed by atoms with Crippen molar-refractivity contribution in [2.75, 3.05) is 20.2 Å². The van der Waals surface area contributed by atoms with Gasteiger partial charge in [0.15, 0.2) is 5.78 Å². The molecule has 162 valence electrons. The van der Waals surface area contributed by atoms with Crippen molar-refractivity contribution in [3.63, 3.8) is 0 Å².